The third-order valence-electron chi connectivity index (χ3n) is 8.50. The second-order valence-corrected chi connectivity index (χ2v) is 10.4. The van der Waals surface area contributed by atoms with Crippen LogP contribution in [-0.2, 0) is 9.53 Å². The van der Waals surface area contributed by atoms with E-state index in [1.165, 1.54) is 0 Å². The van der Waals surface area contributed by atoms with Gasteiger partial charge in [0, 0.05) is 19.1 Å². The number of amides is 1. The number of anilines is 1. The molecule has 3 aliphatic heterocycles. The molecule has 0 spiro atoms. The Morgan fingerprint density at radius 2 is 1.85 bits per heavy atom. The molecule has 1 amide bonds. The van der Waals surface area contributed by atoms with Crippen molar-refractivity contribution in [2.24, 2.45) is 11.8 Å². The van der Waals surface area contributed by atoms with Crippen LogP contribution in [0.25, 0.3) is 0 Å². The number of hydrogen-bond acceptors (Lipinski definition) is 7. The summed E-state index contributed by atoms with van der Waals surface area (Å²) in [5, 5.41) is 17.0. The second kappa shape index (κ2) is 10.5. The summed E-state index contributed by atoms with van der Waals surface area (Å²) in [5.41, 5.74) is 1.10. The van der Waals surface area contributed by atoms with E-state index in [1.54, 1.807) is 12.4 Å². The molecule has 9 nitrogen and oxygen atoms in total. The normalized spacial score (nSPS) is 29.2. The maximum atomic E-state index is 13.0. The van der Waals surface area contributed by atoms with Crippen molar-refractivity contribution < 1.29 is 19.4 Å². The molecule has 0 bridgehead atoms. The van der Waals surface area contributed by atoms with E-state index in [2.05, 4.69) is 24.9 Å². The molecule has 4 fully saturated rings. The van der Waals surface area contributed by atoms with Gasteiger partial charge in [0.15, 0.2) is 0 Å². The Balaban J connectivity index is 1.11. The number of rotatable bonds is 7. The summed E-state index contributed by atoms with van der Waals surface area (Å²) in [6, 6.07) is 2.47. The van der Waals surface area contributed by atoms with Gasteiger partial charge in [0.05, 0.1) is 30.0 Å². The molecule has 4 heterocycles. The molecule has 9 heteroatoms. The predicted octanol–water partition coefficient (Wildman–Crippen LogP) is 3.01. The number of carboxylic acid groups (broad SMARTS) is 1. The number of piperidine rings is 2. The number of likely N-dealkylation sites (tertiary alicyclic amines) is 1. The zero-order valence-corrected chi connectivity index (χ0v) is 19.9. The molecule has 0 aromatic carbocycles. The lowest BCUT2D eigenvalue weighted by Gasteiger charge is -2.41. The summed E-state index contributed by atoms with van der Waals surface area (Å²) < 4.78 is 6.01. The topological polar surface area (TPSA) is 99.1 Å². The van der Waals surface area contributed by atoms with Crippen LogP contribution < -0.4 is 4.90 Å². The molecule has 34 heavy (non-hydrogen) atoms. The molecule has 1 saturated carbocycles. The Morgan fingerprint density at radius 1 is 1.06 bits per heavy atom. The highest BCUT2D eigenvalue weighted by Crippen LogP contribution is 2.40. The second-order valence-electron chi connectivity index (χ2n) is 10.4. The number of hydrogen-bond donors (Lipinski definition) is 1. The quantitative estimate of drug-likeness (QED) is 0.648. The molecule has 1 N–H and O–H groups in total. The average molecular weight is 472 g/mol. The summed E-state index contributed by atoms with van der Waals surface area (Å²) in [4.78, 5) is 30.9. The lowest BCUT2D eigenvalue weighted by molar-refractivity contribution is -0.143. The van der Waals surface area contributed by atoms with Gasteiger partial charge in [-0.1, -0.05) is 6.42 Å². The molecule has 0 radical (unpaired) electrons. The number of aromatic nitrogens is 2. The van der Waals surface area contributed by atoms with E-state index in [0.29, 0.717) is 5.92 Å². The Morgan fingerprint density at radius 3 is 2.56 bits per heavy atom. The summed E-state index contributed by atoms with van der Waals surface area (Å²) in [6.45, 7) is 4.61. The van der Waals surface area contributed by atoms with Crippen LogP contribution in [0.3, 0.4) is 0 Å². The van der Waals surface area contributed by atoms with Gasteiger partial charge >= 0.3 is 12.1 Å². The van der Waals surface area contributed by atoms with Crippen molar-refractivity contribution in [1.29, 1.82) is 0 Å². The van der Waals surface area contributed by atoms with E-state index in [9.17, 15) is 14.7 Å². The van der Waals surface area contributed by atoms with Crippen molar-refractivity contribution >= 4 is 17.7 Å². The Bertz CT molecular complexity index is 839. The maximum Gasteiger partial charge on any atom is 0.410 e. The van der Waals surface area contributed by atoms with Crippen LogP contribution in [0.15, 0.2) is 18.5 Å². The van der Waals surface area contributed by atoms with Crippen molar-refractivity contribution in [2.75, 3.05) is 37.6 Å². The van der Waals surface area contributed by atoms with Gasteiger partial charge in [-0.2, -0.15) is 10.2 Å². The Hall–Kier alpha value is -2.42. The molecule has 3 atom stereocenters. The number of ether oxygens (including phenoxy) is 1. The van der Waals surface area contributed by atoms with Gasteiger partial charge in [0.1, 0.15) is 6.10 Å². The van der Waals surface area contributed by atoms with E-state index in [0.717, 1.165) is 96.2 Å². The van der Waals surface area contributed by atoms with Crippen LogP contribution in [0.1, 0.15) is 57.8 Å². The fourth-order valence-electron chi connectivity index (χ4n) is 6.60. The molecule has 1 aromatic heterocycles. The van der Waals surface area contributed by atoms with Crippen molar-refractivity contribution in [3.63, 3.8) is 0 Å². The SMILES string of the molecule is O=C(O)C1CCN(CCCC2CCCC3C2OC(=O)N3C2CCN(c3ccnnc3)CC2)CC1. The minimum atomic E-state index is -0.652. The molecule has 1 aromatic rings. The Kier molecular flexibility index (Phi) is 7.18. The number of nitrogens with zero attached hydrogens (tertiary/aromatic N) is 5. The van der Waals surface area contributed by atoms with Crippen molar-refractivity contribution in [1.82, 2.24) is 20.0 Å². The van der Waals surface area contributed by atoms with Gasteiger partial charge in [0.25, 0.3) is 0 Å². The summed E-state index contributed by atoms with van der Waals surface area (Å²) in [6.07, 6.45) is 12.4. The fourth-order valence-corrected chi connectivity index (χ4v) is 6.60. The largest absolute Gasteiger partial charge is 0.481 e. The lowest BCUT2D eigenvalue weighted by atomic mass is 9.79. The van der Waals surface area contributed by atoms with Crippen LogP contribution in [0.2, 0.25) is 0 Å². The predicted molar refractivity (Wildman–Crippen MR) is 127 cm³/mol. The lowest BCUT2D eigenvalue weighted by Crippen LogP contribution is -2.51. The minimum absolute atomic E-state index is 0.0291. The van der Waals surface area contributed by atoms with Crippen LogP contribution >= 0.6 is 0 Å². The van der Waals surface area contributed by atoms with Crippen molar-refractivity contribution in [3.8, 4) is 0 Å². The number of carboxylic acids is 1. The Labute approximate surface area is 201 Å². The van der Waals surface area contributed by atoms with Crippen molar-refractivity contribution in [3.05, 3.63) is 18.5 Å². The first-order chi connectivity index (χ1) is 16.6. The van der Waals surface area contributed by atoms with Crippen LogP contribution in [0.5, 0.6) is 0 Å². The monoisotopic (exact) mass is 471 g/mol. The van der Waals surface area contributed by atoms with E-state index in [1.807, 2.05) is 6.07 Å². The first kappa shape index (κ1) is 23.3. The number of carbonyl (C=O) groups excluding carboxylic acids is 1. The summed E-state index contributed by atoms with van der Waals surface area (Å²) in [5.74, 6) is -0.389. The van der Waals surface area contributed by atoms with Crippen LogP contribution in [0, 0.1) is 11.8 Å². The first-order valence-corrected chi connectivity index (χ1v) is 13.1. The van der Waals surface area contributed by atoms with Gasteiger partial charge in [0.2, 0.25) is 0 Å². The number of fused-ring (bicyclic) bond motifs is 1. The smallest absolute Gasteiger partial charge is 0.410 e. The van der Waals surface area contributed by atoms with Gasteiger partial charge in [-0.3, -0.25) is 9.69 Å². The zero-order valence-electron chi connectivity index (χ0n) is 19.9. The molecular formula is C25H37N5O4. The van der Waals surface area contributed by atoms with E-state index >= 15 is 0 Å². The van der Waals surface area contributed by atoms with Crippen LogP contribution in [-0.4, -0.2) is 88.1 Å². The molecule has 186 valence electrons. The van der Waals surface area contributed by atoms with Crippen LogP contribution in [0.4, 0.5) is 10.5 Å². The highest BCUT2D eigenvalue weighted by molar-refractivity contribution is 5.71. The van der Waals surface area contributed by atoms with E-state index in [-0.39, 0.29) is 30.2 Å². The molecule has 1 aliphatic carbocycles. The van der Waals surface area contributed by atoms with Gasteiger partial charge < -0.3 is 19.6 Å². The molecule has 4 aliphatic rings. The summed E-state index contributed by atoms with van der Waals surface area (Å²) in [7, 11) is 0. The van der Waals surface area contributed by atoms with E-state index < -0.39 is 5.97 Å². The third kappa shape index (κ3) is 4.99. The fraction of sp³-hybridized carbons (Fsp3) is 0.760. The maximum absolute atomic E-state index is 13.0. The van der Waals surface area contributed by atoms with Gasteiger partial charge in [-0.15, -0.1) is 0 Å². The van der Waals surface area contributed by atoms with Crippen molar-refractivity contribution in [2.45, 2.75) is 76.0 Å². The van der Waals surface area contributed by atoms with Gasteiger partial charge in [-0.05, 0) is 83.0 Å². The van der Waals surface area contributed by atoms with E-state index in [4.69, 9.17) is 4.74 Å². The standard InChI is InChI=1S/C25H37N5O4/c31-24(32)19-7-13-28(14-8-19)12-2-4-18-3-1-5-22-23(18)34-25(33)30(22)20-9-15-29(16-10-20)21-6-11-26-27-17-21/h6,11,17-20,22-23H,1-5,7-10,12-16H2,(H,31,32). The molecule has 3 unspecified atom stereocenters. The first-order valence-electron chi connectivity index (χ1n) is 13.1. The summed E-state index contributed by atoms with van der Waals surface area (Å²) >= 11 is 0. The number of aliphatic carboxylic acids is 1. The molecular weight excluding hydrogens is 434 g/mol. The number of carbonyl (C=O) groups is 2. The third-order valence-corrected chi connectivity index (χ3v) is 8.50. The highest BCUT2D eigenvalue weighted by atomic mass is 16.6. The molecule has 5 rings (SSSR count). The average Bonchev–Trinajstić information content (AvgIpc) is 3.21. The molecule has 3 saturated heterocycles. The van der Waals surface area contributed by atoms with Gasteiger partial charge in [-0.25, -0.2) is 4.79 Å². The minimum Gasteiger partial charge on any atom is -0.481 e. The highest BCUT2D eigenvalue weighted by Gasteiger charge is 2.49. The zero-order chi connectivity index (χ0) is 23.5.